The molecule has 20 heavy (non-hydrogen) atoms. The van der Waals surface area contributed by atoms with Gasteiger partial charge >= 0.3 is 0 Å². The summed E-state index contributed by atoms with van der Waals surface area (Å²) >= 11 is 0. The lowest BCUT2D eigenvalue weighted by molar-refractivity contribution is -0.128. The average molecular weight is 279 g/mol. The van der Waals surface area contributed by atoms with Crippen LogP contribution < -0.4 is 15.8 Å². The quantitative estimate of drug-likeness (QED) is 0.757. The van der Waals surface area contributed by atoms with E-state index in [2.05, 4.69) is 5.32 Å². The van der Waals surface area contributed by atoms with Crippen LogP contribution in [0.25, 0.3) is 0 Å². The normalized spacial score (nSPS) is 9.95. The molecule has 0 aliphatic carbocycles. The van der Waals surface area contributed by atoms with Crippen LogP contribution in [0.5, 0.6) is 5.75 Å². The smallest absolute Gasteiger partial charge is 0.257 e. The number of hydrogen-bond donors (Lipinski definition) is 2. The van der Waals surface area contributed by atoms with Gasteiger partial charge in [-0.1, -0.05) is 6.07 Å². The van der Waals surface area contributed by atoms with Gasteiger partial charge in [0.2, 0.25) is 5.91 Å². The fourth-order valence-electron chi connectivity index (χ4n) is 1.66. The SMILES string of the molecule is CCOc1cccc(N)c1C(=O)NCCC(=O)N(C)C. The molecule has 0 heterocycles. The van der Waals surface area contributed by atoms with Gasteiger partial charge in [-0.3, -0.25) is 9.59 Å². The summed E-state index contributed by atoms with van der Waals surface area (Å²) in [5.74, 6) is 0.0680. The topological polar surface area (TPSA) is 84.7 Å². The van der Waals surface area contributed by atoms with Crippen molar-refractivity contribution in [3.63, 3.8) is 0 Å². The number of anilines is 1. The van der Waals surface area contributed by atoms with Crippen LogP contribution in [0, 0.1) is 0 Å². The van der Waals surface area contributed by atoms with Crippen molar-refractivity contribution in [1.82, 2.24) is 10.2 Å². The van der Waals surface area contributed by atoms with Crippen LogP contribution in [0.3, 0.4) is 0 Å². The van der Waals surface area contributed by atoms with Crippen molar-refractivity contribution >= 4 is 17.5 Å². The molecule has 3 N–H and O–H groups in total. The Morgan fingerprint density at radius 3 is 2.65 bits per heavy atom. The maximum Gasteiger partial charge on any atom is 0.257 e. The van der Waals surface area contributed by atoms with E-state index in [1.54, 1.807) is 32.3 Å². The third-order valence-corrected chi connectivity index (χ3v) is 2.71. The predicted octanol–water partition coefficient (Wildman–Crippen LogP) is 0.876. The Kier molecular flexibility index (Phi) is 5.83. The number of benzene rings is 1. The van der Waals surface area contributed by atoms with Gasteiger partial charge in [0.05, 0.1) is 6.61 Å². The van der Waals surface area contributed by atoms with Crippen LogP contribution in [0.4, 0.5) is 5.69 Å². The summed E-state index contributed by atoms with van der Waals surface area (Å²) in [6, 6.07) is 5.06. The molecule has 0 unspecified atom stereocenters. The largest absolute Gasteiger partial charge is 0.493 e. The molecule has 1 rings (SSSR count). The molecule has 1 aromatic rings. The first-order chi connectivity index (χ1) is 9.47. The Labute approximate surface area is 118 Å². The third-order valence-electron chi connectivity index (χ3n) is 2.71. The highest BCUT2D eigenvalue weighted by molar-refractivity contribution is 6.02. The monoisotopic (exact) mass is 279 g/mol. The van der Waals surface area contributed by atoms with E-state index in [9.17, 15) is 9.59 Å². The summed E-state index contributed by atoms with van der Waals surface area (Å²) in [6.45, 7) is 2.54. The fraction of sp³-hybridized carbons (Fsp3) is 0.429. The van der Waals surface area contributed by atoms with E-state index in [4.69, 9.17) is 10.5 Å². The number of nitrogens with two attached hydrogens (primary N) is 1. The molecule has 0 aromatic heterocycles. The van der Waals surface area contributed by atoms with Crippen molar-refractivity contribution in [2.45, 2.75) is 13.3 Å². The van der Waals surface area contributed by atoms with Gasteiger partial charge in [-0.05, 0) is 19.1 Å². The van der Waals surface area contributed by atoms with E-state index in [0.717, 1.165) is 0 Å². The third kappa shape index (κ3) is 4.15. The zero-order chi connectivity index (χ0) is 15.1. The maximum atomic E-state index is 12.1. The Hall–Kier alpha value is -2.24. The molecule has 0 saturated heterocycles. The summed E-state index contributed by atoms with van der Waals surface area (Å²) in [7, 11) is 3.35. The summed E-state index contributed by atoms with van der Waals surface area (Å²) in [5.41, 5.74) is 6.48. The van der Waals surface area contributed by atoms with Gasteiger partial charge in [0.1, 0.15) is 11.3 Å². The molecule has 110 valence electrons. The van der Waals surface area contributed by atoms with Crippen LogP contribution in [0.15, 0.2) is 18.2 Å². The van der Waals surface area contributed by atoms with Gasteiger partial charge in [-0.2, -0.15) is 0 Å². The molecule has 0 spiro atoms. The number of amides is 2. The van der Waals surface area contributed by atoms with Crippen molar-refractivity contribution in [3.05, 3.63) is 23.8 Å². The van der Waals surface area contributed by atoms with E-state index < -0.39 is 0 Å². The summed E-state index contributed by atoms with van der Waals surface area (Å²) in [6.07, 6.45) is 0.245. The zero-order valence-corrected chi connectivity index (χ0v) is 12.1. The standard InChI is InChI=1S/C14H21N3O3/c1-4-20-11-7-5-6-10(15)13(11)14(19)16-9-8-12(18)17(2)3/h5-7H,4,8-9,15H2,1-3H3,(H,16,19). The lowest BCUT2D eigenvalue weighted by atomic mass is 10.1. The number of carbonyl (C=O) groups excluding carboxylic acids is 2. The second-order valence-corrected chi connectivity index (χ2v) is 4.45. The number of hydrogen-bond acceptors (Lipinski definition) is 4. The molecule has 0 aliphatic heterocycles. The number of ether oxygens (including phenoxy) is 1. The van der Waals surface area contributed by atoms with Crippen LogP contribution in [0.1, 0.15) is 23.7 Å². The van der Waals surface area contributed by atoms with Gasteiger partial charge in [0.25, 0.3) is 5.91 Å². The van der Waals surface area contributed by atoms with Gasteiger partial charge in [0, 0.05) is 32.7 Å². The Morgan fingerprint density at radius 1 is 1.35 bits per heavy atom. The first kappa shape index (κ1) is 15.8. The molecule has 0 radical (unpaired) electrons. The van der Waals surface area contributed by atoms with Crippen LogP contribution in [0.2, 0.25) is 0 Å². The van der Waals surface area contributed by atoms with E-state index in [0.29, 0.717) is 23.6 Å². The highest BCUT2D eigenvalue weighted by Gasteiger charge is 2.16. The van der Waals surface area contributed by atoms with Crippen molar-refractivity contribution in [3.8, 4) is 5.75 Å². The van der Waals surface area contributed by atoms with Gasteiger partial charge in [0.15, 0.2) is 0 Å². The molecule has 2 amide bonds. The Bertz CT molecular complexity index is 487. The van der Waals surface area contributed by atoms with E-state index in [1.807, 2.05) is 6.92 Å². The molecule has 0 atom stereocenters. The van der Waals surface area contributed by atoms with Crippen molar-refractivity contribution < 1.29 is 14.3 Å². The average Bonchev–Trinajstić information content (AvgIpc) is 2.38. The minimum Gasteiger partial charge on any atom is -0.493 e. The highest BCUT2D eigenvalue weighted by Crippen LogP contribution is 2.24. The molecule has 6 heteroatoms. The van der Waals surface area contributed by atoms with Crippen molar-refractivity contribution in [1.29, 1.82) is 0 Å². The number of nitrogens with one attached hydrogen (secondary N) is 1. The van der Waals surface area contributed by atoms with E-state index in [1.165, 1.54) is 4.90 Å². The highest BCUT2D eigenvalue weighted by atomic mass is 16.5. The molecule has 6 nitrogen and oxygen atoms in total. The second-order valence-electron chi connectivity index (χ2n) is 4.45. The number of nitrogen functional groups attached to an aromatic ring is 1. The molecular weight excluding hydrogens is 258 g/mol. The van der Waals surface area contributed by atoms with Crippen LogP contribution in [-0.4, -0.2) is 44.0 Å². The number of rotatable bonds is 6. The number of nitrogens with zero attached hydrogens (tertiary/aromatic N) is 1. The van der Waals surface area contributed by atoms with Crippen LogP contribution >= 0.6 is 0 Å². The summed E-state index contributed by atoms with van der Waals surface area (Å²) in [5, 5.41) is 2.68. The molecule has 1 aromatic carbocycles. The molecule has 0 bridgehead atoms. The Morgan fingerprint density at radius 2 is 2.05 bits per heavy atom. The minimum absolute atomic E-state index is 0.0450. The minimum atomic E-state index is -0.335. The molecule has 0 aliphatic rings. The first-order valence-corrected chi connectivity index (χ1v) is 6.47. The molecular formula is C14H21N3O3. The molecule has 0 fully saturated rings. The van der Waals surface area contributed by atoms with Gasteiger partial charge < -0.3 is 20.7 Å². The Balaban J connectivity index is 2.70. The zero-order valence-electron chi connectivity index (χ0n) is 12.1. The van der Waals surface area contributed by atoms with Crippen molar-refractivity contribution in [2.75, 3.05) is 33.0 Å². The van der Waals surface area contributed by atoms with E-state index in [-0.39, 0.29) is 24.8 Å². The lowest BCUT2D eigenvalue weighted by Crippen LogP contribution is -2.30. The van der Waals surface area contributed by atoms with Crippen LogP contribution in [-0.2, 0) is 4.79 Å². The van der Waals surface area contributed by atoms with Crippen molar-refractivity contribution in [2.24, 2.45) is 0 Å². The molecule has 0 saturated carbocycles. The fourth-order valence-corrected chi connectivity index (χ4v) is 1.66. The van der Waals surface area contributed by atoms with Gasteiger partial charge in [-0.15, -0.1) is 0 Å². The maximum absolute atomic E-state index is 12.1. The summed E-state index contributed by atoms with van der Waals surface area (Å²) < 4.78 is 5.39. The predicted molar refractivity (Wildman–Crippen MR) is 77.7 cm³/mol. The number of carbonyl (C=O) groups is 2. The lowest BCUT2D eigenvalue weighted by Gasteiger charge is -2.13. The van der Waals surface area contributed by atoms with Gasteiger partial charge in [-0.25, -0.2) is 0 Å². The first-order valence-electron chi connectivity index (χ1n) is 6.47. The second kappa shape index (κ2) is 7.37. The summed E-state index contributed by atoms with van der Waals surface area (Å²) in [4.78, 5) is 25.0. The van der Waals surface area contributed by atoms with E-state index >= 15 is 0 Å².